The van der Waals surface area contributed by atoms with E-state index in [0.717, 1.165) is 66.9 Å². The standard InChI is InChI=1S/2C13H15N.2C13H18.2C12H17N.2C12H16O/c1-13(2,3)11-7-6-10-5-4-8-14-12(10)9-11;1-13(2,3)12-9-8-10-6-4-5-7-11(10)14-12;1-13(2,3)12-8-7-10-5-4-6-11(10)9-12;1-13(2,3)12-9-8-10-6-4-5-7-11(10)12;1-12(2,3)10-4-5-11-9(8-10)6-7-13-11;1-12(2,3)10-8-13-11-7-5-4-6-9(10)11;1-12(2,3)10-4-5-11-9(8-10)6-7-13-11;1-12(2,3)10-8-13-11-7-5-4-6-9(10)11/h2*4-9H,1-3H3;7-9H,4-6H2,1-3H3;4-7,12H,8-9H2,1-3H3;4-5,8,13H,6-7H2,1-3H3;4-7,10,13H,8H2,1-3H3;4-5,8H,6-7H2,1-3H3;4-7,10H,8H2,1-3H3. The highest BCUT2D eigenvalue weighted by Crippen LogP contribution is 2.46. The number of nitrogens with one attached hydrogen (secondary N) is 2. The molecule has 106 heavy (non-hydrogen) atoms. The quantitative estimate of drug-likeness (QED) is 0.158. The Kier molecular flexibility index (Phi) is 26.2. The van der Waals surface area contributed by atoms with E-state index < -0.39 is 0 Å². The largest absolute Gasteiger partial charge is 0.493 e. The fourth-order valence-corrected chi connectivity index (χ4v) is 14.9. The highest BCUT2D eigenvalue weighted by atomic mass is 16.5. The monoisotopic (exact) mass is 1420 g/mol. The summed E-state index contributed by atoms with van der Waals surface area (Å²) in [6.45, 7) is 58.2. The van der Waals surface area contributed by atoms with Crippen molar-refractivity contribution in [2.75, 3.05) is 36.9 Å². The number of ether oxygens (including phenoxy) is 2. The molecule has 2 aromatic heterocycles. The SMILES string of the molecule is CC(C)(C)C1CCc2ccccc21.CC(C)(C)C1CNc2ccccc21.CC(C)(C)C1COc2ccccc21.CC(C)(C)c1ccc2c(c1)CCC2.CC(C)(C)c1ccc2c(c1)CCN2.CC(C)(C)c1ccc2c(c1)CCO2.CC(C)(C)c1ccc2ccccc2n1.CC(C)(C)c1ccc2cccnc2c1. The molecule has 0 spiro atoms. The van der Waals surface area contributed by atoms with E-state index in [-0.39, 0.29) is 21.7 Å². The number of fused-ring (bicyclic) bond motifs is 8. The Morgan fingerprint density at radius 3 is 1.53 bits per heavy atom. The number of pyridine rings is 2. The zero-order chi connectivity index (χ0) is 77.2. The molecule has 4 aliphatic heterocycles. The van der Waals surface area contributed by atoms with Crippen molar-refractivity contribution in [2.45, 2.75) is 256 Å². The summed E-state index contributed by atoms with van der Waals surface area (Å²) in [5.74, 6) is 4.12. The van der Waals surface area contributed by atoms with Crippen LogP contribution in [0.15, 0.2) is 200 Å². The van der Waals surface area contributed by atoms with Crippen molar-refractivity contribution in [3.63, 3.8) is 0 Å². The van der Waals surface area contributed by atoms with Crippen LogP contribution in [0.4, 0.5) is 11.4 Å². The van der Waals surface area contributed by atoms with Gasteiger partial charge in [-0.25, -0.2) is 0 Å². The van der Waals surface area contributed by atoms with E-state index in [2.05, 4.69) is 357 Å². The van der Waals surface area contributed by atoms with Gasteiger partial charge in [0.15, 0.2) is 0 Å². The summed E-state index contributed by atoms with van der Waals surface area (Å²) in [5, 5.41) is 9.25. The lowest BCUT2D eigenvalue weighted by atomic mass is 9.77. The second kappa shape index (κ2) is 33.9. The number of para-hydroxylation sites is 3. The van der Waals surface area contributed by atoms with Crippen molar-refractivity contribution in [3.8, 4) is 11.5 Å². The first kappa shape index (κ1) is 81.8. The first-order chi connectivity index (χ1) is 49.6. The van der Waals surface area contributed by atoms with Gasteiger partial charge in [0.25, 0.3) is 0 Å². The molecule has 0 radical (unpaired) electrons. The van der Waals surface area contributed by atoms with E-state index >= 15 is 0 Å². The Labute approximate surface area is 642 Å². The fraction of sp³-hybridized carbons (Fsp3) is 0.460. The minimum Gasteiger partial charge on any atom is -0.493 e. The lowest BCUT2D eigenvalue weighted by Gasteiger charge is -2.27. The first-order valence-corrected chi connectivity index (χ1v) is 39.7. The lowest BCUT2D eigenvalue weighted by Crippen LogP contribution is -2.19. The van der Waals surface area contributed by atoms with Gasteiger partial charge in [-0.3, -0.25) is 9.97 Å². The van der Waals surface area contributed by atoms with E-state index in [1.807, 2.05) is 30.5 Å². The van der Waals surface area contributed by atoms with Gasteiger partial charge < -0.3 is 20.1 Å². The summed E-state index contributed by atoms with van der Waals surface area (Å²) in [6.07, 6.45) is 10.6. The van der Waals surface area contributed by atoms with Gasteiger partial charge in [-0.15, -0.1) is 0 Å². The van der Waals surface area contributed by atoms with Crippen molar-refractivity contribution >= 4 is 33.2 Å². The van der Waals surface area contributed by atoms with E-state index in [9.17, 15) is 0 Å². The smallest absolute Gasteiger partial charge is 0.122 e. The fourth-order valence-electron chi connectivity index (χ4n) is 14.9. The summed E-state index contributed by atoms with van der Waals surface area (Å²) in [4.78, 5) is 9.00. The number of benzene rings is 8. The number of hydrogen-bond donors (Lipinski definition) is 2. The summed E-state index contributed by atoms with van der Waals surface area (Å²) < 4.78 is 11.1. The van der Waals surface area contributed by atoms with Gasteiger partial charge in [0.2, 0.25) is 0 Å². The van der Waals surface area contributed by atoms with Gasteiger partial charge in [-0.05, 0) is 192 Å². The zero-order valence-electron chi connectivity index (χ0n) is 69.8. The Bertz CT molecular complexity index is 4110. The van der Waals surface area contributed by atoms with Crippen LogP contribution in [0.1, 0.15) is 269 Å². The van der Waals surface area contributed by atoms with Gasteiger partial charge in [-0.2, -0.15) is 0 Å². The van der Waals surface area contributed by atoms with Crippen LogP contribution in [0.5, 0.6) is 11.5 Å². The molecule has 16 rings (SSSR count). The number of hydrogen-bond acceptors (Lipinski definition) is 6. The number of nitrogens with zero attached hydrogens (tertiary/aromatic N) is 2. The molecular formula is C100H132N4O2. The number of aromatic nitrogens is 2. The third-order valence-corrected chi connectivity index (χ3v) is 21.8. The Balaban J connectivity index is 0.000000140. The van der Waals surface area contributed by atoms with Crippen LogP contribution in [0.2, 0.25) is 0 Å². The van der Waals surface area contributed by atoms with Gasteiger partial charge in [-0.1, -0.05) is 312 Å². The Hall–Kier alpha value is -8.22. The van der Waals surface area contributed by atoms with E-state index in [4.69, 9.17) is 9.47 Å². The normalized spacial score (nSPS) is 16.7. The molecule has 8 aromatic carbocycles. The second-order valence-electron chi connectivity index (χ2n) is 38.7. The minimum absolute atomic E-state index is 0.129. The van der Waals surface area contributed by atoms with Crippen LogP contribution >= 0.6 is 0 Å². The van der Waals surface area contributed by atoms with Crippen molar-refractivity contribution in [1.29, 1.82) is 0 Å². The molecule has 0 fully saturated rings. The summed E-state index contributed by atoms with van der Waals surface area (Å²) in [5.41, 5.74) is 25.9. The predicted octanol–water partition coefficient (Wildman–Crippen LogP) is 26.6. The third-order valence-electron chi connectivity index (χ3n) is 21.8. The van der Waals surface area contributed by atoms with E-state index in [1.165, 1.54) is 105 Å². The Morgan fingerprint density at radius 2 is 0.868 bits per heavy atom. The molecule has 6 heteroatoms. The summed E-state index contributed by atoms with van der Waals surface area (Å²) >= 11 is 0. The van der Waals surface area contributed by atoms with Gasteiger partial charge in [0.1, 0.15) is 11.5 Å². The lowest BCUT2D eigenvalue weighted by molar-refractivity contribution is 0.243. The van der Waals surface area contributed by atoms with E-state index in [1.54, 1.807) is 22.3 Å². The number of anilines is 2. The molecule has 3 unspecified atom stereocenters. The highest BCUT2D eigenvalue weighted by Gasteiger charge is 2.35. The average molecular weight is 1420 g/mol. The summed E-state index contributed by atoms with van der Waals surface area (Å²) in [6, 6.07) is 69.3. The van der Waals surface area contributed by atoms with Crippen molar-refractivity contribution in [3.05, 3.63) is 273 Å². The molecule has 6 aliphatic rings. The first-order valence-electron chi connectivity index (χ1n) is 39.7. The maximum atomic E-state index is 5.64. The zero-order valence-corrected chi connectivity index (χ0v) is 69.8. The van der Waals surface area contributed by atoms with Crippen LogP contribution in [0, 0.1) is 16.2 Å². The number of rotatable bonds is 0. The summed E-state index contributed by atoms with van der Waals surface area (Å²) in [7, 11) is 0. The minimum atomic E-state index is 0.129. The van der Waals surface area contributed by atoms with Gasteiger partial charge in [0, 0.05) is 76.4 Å². The molecule has 0 saturated carbocycles. The molecule has 2 N–H and O–H groups in total. The van der Waals surface area contributed by atoms with Crippen molar-refractivity contribution in [1.82, 2.24) is 9.97 Å². The predicted molar refractivity (Wildman–Crippen MR) is 458 cm³/mol. The van der Waals surface area contributed by atoms with Gasteiger partial charge >= 0.3 is 0 Å². The maximum Gasteiger partial charge on any atom is 0.122 e. The third kappa shape index (κ3) is 22.2. The molecule has 6 nitrogen and oxygen atoms in total. The molecule has 2 aliphatic carbocycles. The molecule has 0 amide bonds. The van der Waals surface area contributed by atoms with Crippen LogP contribution in [-0.2, 0) is 59.2 Å². The molecular weight excluding hydrogens is 1290 g/mol. The molecule has 0 bridgehead atoms. The van der Waals surface area contributed by atoms with Crippen molar-refractivity contribution < 1.29 is 9.47 Å². The van der Waals surface area contributed by atoms with Crippen LogP contribution < -0.4 is 20.1 Å². The van der Waals surface area contributed by atoms with Crippen LogP contribution in [0.3, 0.4) is 0 Å². The molecule has 6 heterocycles. The van der Waals surface area contributed by atoms with Crippen LogP contribution in [-0.4, -0.2) is 36.3 Å². The molecule has 564 valence electrons. The Morgan fingerprint density at radius 1 is 0.340 bits per heavy atom. The second-order valence-corrected chi connectivity index (χ2v) is 38.7. The topological polar surface area (TPSA) is 68.3 Å². The van der Waals surface area contributed by atoms with Crippen molar-refractivity contribution in [2.24, 2.45) is 16.2 Å². The van der Waals surface area contributed by atoms with E-state index in [0.29, 0.717) is 33.5 Å². The number of aryl methyl sites for hydroxylation is 3. The maximum absolute atomic E-state index is 5.64. The molecule has 0 saturated heterocycles. The molecule has 3 atom stereocenters. The van der Waals surface area contributed by atoms with Gasteiger partial charge in [0.05, 0.1) is 24.2 Å². The molecule has 10 aromatic rings. The average Bonchev–Trinajstić information content (AvgIpc) is 1.71. The van der Waals surface area contributed by atoms with Crippen LogP contribution in [0.25, 0.3) is 21.8 Å². The highest BCUT2D eigenvalue weighted by molar-refractivity contribution is 5.79.